The van der Waals surface area contributed by atoms with E-state index in [0.29, 0.717) is 23.9 Å². The average molecular weight is 451 g/mol. The van der Waals surface area contributed by atoms with Gasteiger partial charge in [0.2, 0.25) is 0 Å². The zero-order valence-corrected chi connectivity index (χ0v) is 19.8. The van der Waals surface area contributed by atoms with Gasteiger partial charge >= 0.3 is 0 Å². The van der Waals surface area contributed by atoms with Crippen molar-refractivity contribution in [2.24, 2.45) is 0 Å². The minimum Gasteiger partial charge on any atom is -0.371 e. The minimum atomic E-state index is -0.564. The van der Waals surface area contributed by atoms with Gasteiger partial charge in [0.25, 0.3) is 0 Å². The molecule has 0 N–H and O–H groups in total. The SMILES string of the molecule is COC(C)(C)c1nc(C2CC2)c2sc(N3CCC[C@@H]3C(=O)CCc3ccccc3)nc2n1. The largest absolute Gasteiger partial charge is 0.371 e. The lowest BCUT2D eigenvalue weighted by Gasteiger charge is -2.22. The molecule has 1 atom stereocenters. The topological polar surface area (TPSA) is 68.2 Å². The van der Waals surface area contributed by atoms with Crippen molar-refractivity contribution in [3.63, 3.8) is 0 Å². The van der Waals surface area contributed by atoms with E-state index in [1.54, 1.807) is 18.4 Å². The average Bonchev–Trinajstić information content (AvgIpc) is 3.37. The molecule has 2 fully saturated rings. The van der Waals surface area contributed by atoms with Crippen LogP contribution in [0.2, 0.25) is 0 Å². The summed E-state index contributed by atoms with van der Waals surface area (Å²) in [5, 5.41) is 0.902. The first-order chi connectivity index (χ1) is 15.5. The van der Waals surface area contributed by atoms with Crippen LogP contribution >= 0.6 is 11.3 Å². The summed E-state index contributed by atoms with van der Waals surface area (Å²) in [6, 6.07) is 10.1. The Labute approximate surface area is 193 Å². The highest BCUT2D eigenvalue weighted by Crippen LogP contribution is 2.45. The molecule has 32 heavy (non-hydrogen) atoms. The molecule has 2 aromatic heterocycles. The van der Waals surface area contributed by atoms with Crippen LogP contribution in [0.1, 0.15) is 69.0 Å². The van der Waals surface area contributed by atoms with E-state index in [1.165, 1.54) is 5.56 Å². The van der Waals surface area contributed by atoms with Crippen LogP contribution in [0.3, 0.4) is 0 Å². The third kappa shape index (κ3) is 4.16. The Bertz CT molecular complexity index is 1120. The molecular formula is C25H30N4O2S. The number of thiazole rings is 1. The molecule has 6 nitrogen and oxygen atoms in total. The van der Waals surface area contributed by atoms with Gasteiger partial charge < -0.3 is 9.64 Å². The molecule has 1 saturated carbocycles. The molecule has 0 amide bonds. The molecule has 0 radical (unpaired) electrons. The lowest BCUT2D eigenvalue weighted by atomic mass is 10.0. The Kier molecular flexibility index (Phi) is 5.72. The van der Waals surface area contributed by atoms with Crippen molar-refractivity contribution in [3.8, 4) is 0 Å². The van der Waals surface area contributed by atoms with Crippen LogP contribution in [0, 0.1) is 0 Å². The van der Waals surface area contributed by atoms with Gasteiger partial charge in [-0.1, -0.05) is 41.7 Å². The summed E-state index contributed by atoms with van der Waals surface area (Å²) in [5.74, 6) is 1.48. The number of hydrogen-bond donors (Lipinski definition) is 0. The van der Waals surface area contributed by atoms with E-state index >= 15 is 0 Å². The summed E-state index contributed by atoms with van der Waals surface area (Å²) in [7, 11) is 1.69. The molecule has 7 heteroatoms. The molecule has 3 heterocycles. The van der Waals surface area contributed by atoms with Gasteiger partial charge in [0.1, 0.15) is 5.60 Å². The van der Waals surface area contributed by atoms with Crippen LogP contribution in [0.4, 0.5) is 5.13 Å². The zero-order valence-electron chi connectivity index (χ0n) is 19.0. The third-order valence-corrected chi connectivity index (χ3v) is 7.76. The second-order valence-corrected chi connectivity index (χ2v) is 10.4. The van der Waals surface area contributed by atoms with Crippen LogP contribution in [-0.2, 0) is 21.6 Å². The summed E-state index contributed by atoms with van der Waals surface area (Å²) in [5.41, 5.74) is 2.49. The molecule has 3 aromatic rings. The van der Waals surface area contributed by atoms with Gasteiger partial charge in [-0.15, -0.1) is 0 Å². The van der Waals surface area contributed by atoms with Crippen LogP contribution in [0.15, 0.2) is 30.3 Å². The maximum atomic E-state index is 13.1. The first-order valence-electron chi connectivity index (χ1n) is 11.5. The van der Waals surface area contributed by atoms with Crippen LogP contribution in [0.25, 0.3) is 10.3 Å². The number of benzene rings is 1. The van der Waals surface area contributed by atoms with E-state index in [-0.39, 0.29) is 6.04 Å². The number of carbonyl (C=O) groups excluding carboxylic acids is 1. The van der Waals surface area contributed by atoms with Crippen molar-refractivity contribution in [1.82, 2.24) is 15.0 Å². The Balaban J connectivity index is 1.42. The number of Topliss-reactive ketones (excluding diaryl/α,β-unsaturated/α-hetero) is 1. The highest BCUT2D eigenvalue weighted by Gasteiger charge is 2.35. The van der Waals surface area contributed by atoms with E-state index in [2.05, 4.69) is 17.0 Å². The molecule has 5 rings (SSSR count). The van der Waals surface area contributed by atoms with Crippen molar-refractivity contribution in [2.45, 2.75) is 69.9 Å². The van der Waals surface area contributed by atoms with Crippen molar-refractivity contribution in [3.05, 3.63) is 47.4 Å². The number of hydrogen-bond acceptors (Lipinski definition) is 7. The molecule has 0 unspecified atom stereocenters. The van der Waals surface area contributed by atoms with E-state index in [0.717, 1.165) is 59.8 Å². The number of fused-ring (bicyclic) bond motifs is 1. The Morgan fingerprint density at radius 2 is 1.94 bits per heavy atom. The number of anilines is 1. The number of rotatable bonds is 8. The fourth-order valence-corrected chi connectivity index (χ4v) is 5.51. The zero-order chi connectivity index (χ0) is 22.3. The van der Waals surface area contributed by atoms with E-state index in [4.69, 9.17) is 19.7 Å². The number of aromatic nitrogens is 3. The van der Waals surface area contributed by atoms with Gasteiger partial charge in [0.15, 0.2) is 22.4 Å². The molecule has 1 aliphatic carbocycles. The summed E-state index contributed by atoms with van der Waals surface area (Å²) in [6.07, 6.45) is 5.59. The van der Waals surface area contributed by atoms with Crippen LogP contribution in [0.5, 0.6) is 0 Å². The first-order valence-corrected chi connectivity index (χ1v) is 12.4. The second-order valence-electron chi connectivity index (χ2n) is 9.37. The van der Waals surface area contributed by atoms with Gasteiger partial charge in [0, 0.05) is 26.0 Å². The van der Waals surface area contributed by atoms with Gasteiger partial charge in [-0.25, -0.2) is 9.97 Å². The van der Waals surface area contributed by atoms with Crippen LogP contribution < -0.4 is 4.90 Å². The number of carbonyl (C=O) groups is 1. The maximum Gasteiger partial charge on any atom is 0.188 e. The standard InChI is InChI=1S/C25H30N4O2S/c1-25(2,31-3)23-26-20(17-12-13-17)21-22(27-23)28-24(32-21)29-15-7-10-18(29)19(30)14-11-16-8-5-4-6-9-16/h4-6,8-9,17-18H,7,10-15H2,1-3H3/t18-/m1/s1. The number of methoxy groups -OCH3 is 1. The van der Waals surface area contributed by atoms with E-state index in [1.807, 2.05) is 32.0 Å². The lowest BCUT2D eigenvalue weighted by Crippen LogP contribution is -2.36. The van der Waals surface area contributed by atoms with Crippen molar-refractivity contribution < 1.29 is 9.53 Å². The van der Waals surface area contributed by atoms with Gasteiger partial charge in [0.05, 0.1) is 16.4 Å². The quantitative estimate of drug-likeness (QED) is 0.480. The van der Waals surface area contributed by atoms with E-state index in [9.17, 15) is 4.79 Å². The monoisotopic (exact) mass is 450 g/mol. The fourth-order valence-electron chi connectivity index (χ4n) is 4.36. The van der Waals surface area contributed by atoms with Crippen LogP contribution in [-0.4, -0.2) is 40.4 Å². The summed E-state index contributed by atoms with van der Waals surface area (Å²) >= 11 is 1.65. The highest BCUT2D eigenvalue weighted by atomic mass is 32.1. The van der Waals surface area contributed by atoms with Gasteiger partial charge in [-0.3, -0.25) is 4.79 Å². The van der Waals surface area contributed by atoms with Crippen molar-refractivity contribution in [2.75, 3.05) is 18.6 Å². The van der Waals surface area contributed by atoms with Crippen molar-refractivity contribution >= 4 is 32.6 Å². The normalized spacial score (nSPS) is 19.1. The predicted molar refractivity (Wildman–Crippen MR) is 127 cm³/mol. The van der Waals surface area contributed by atoms with Crippen molar-refractivity contribution in [1.29, 1.82) is 0 Å². The molecule has 2 aliphatic rings. The smallest absolute Gasteiger partial charge is 0.188 e. The number of ketones is 1. The number of aryl methyl sites for hydroxylation is 1. The molecule has 168 valence electrons. The molecule has 0 bridgehead atoms. The lowest BCUT2D eigenvalue weighted by molar-refractivity contribution is -0.120. The molecule has 1 aromatic carbocycles. The predicted octanol–water partition coefficient (Wildman–Crippen LogP) is 5.02. The molecule has 1 saturated heterocycles. The molecule has 1 aliphatic heterocycles. The molecule has 0 spiro atoms. The maximum absolute atomic E-state index is 13.1. The van der Waals surface area contributed by atoms with E-state index < -0.39 is 5.60 Å². The summed E-state index contributed by atoms with van der Waals surface area (Å²) < 4.78 is 6.71. The van der Waals surface area contributed by atoms with Gasteiger partial charge in [-0.05, 0) is 51.5 Å². The Morgan fingerprint density at radius 3 is 2.66 bits per heavy atom. The summed E-state index contributed by atoms with van der Waals surface area (Å²) in [4.78, 5) is 29.9. The minimum absolute atomic E-state index is 0.0912. The summed E-state index contributed by atoms with van der Waals surface area (Å²) in [6.45, 7) is 4.84. The third-order valence-electron chi connectivity index (χ3n) is 6.65. The second kappa shape index (κ2) is 8.52. The number of nitrogens with zero attached hydrogens (tertiary/aromatic N) is 4. The Hall–Kier alpha value is -2.38. The van der Waals surface area contributed by atoms with Gasteiger partial charge in [-0.2, -0.15) is 4.98 Å². The highest BCUT2D eigenvalue weighted by molar-refractivity contribution is 7.22. The first kappa shape index (κ1) is 21.5. The number of ether oxygens (including phenoxy) is 1. The fraction of sp³-hybridized carbons (Fsp3) is 0.520. The molecular weight excluding hydrogens is 420 g/mol. The Morgan fingerprint density at radius 1 is 1.16 bits per heavy atom.